The summed E-state index contributed by atoms with van der Waals surface area (Å²) in [7, 11) is 0. The second kappa shape index (κ2) is 20.4. The number of unbranched alkanes of at least 4 members (excludes halogenated alkanes) is 2. The van der Waals surface area contributed by atoms with Crippen LogP contribution in [0.1, 0.15) is 52.7 Å². The molecule has 9 heteroatoms. The molecule has 30 heavy (non-hydrogen) atoms. The molecule has 2 heterocycles. The third-order valence-electron chi connectivity index (χ3n) is 3.02. The Hall–Kier alpha value is -1.89. The Kier molecular flexibility index (Phi) is 20.6. The number of hydrogen-bond acceptors (Lipinski definition) is 6. The molecule has 168 valence electrons. The van der Waals surface area contributed by atoms with Gasteiger partial charge < -0.3 is 9.47 Å². The first-order valence-electron chi connectivity index (χ1n) is 9.13. The first-order valence-corrected chi connectivity index (χ1v) is 10.3. The molecule has 2 rings (SSSR count). The topological polar surface area (TPSA) is 70.0 Å². The molecule has 0 N–H and O–H groups in total. The maximum Gasteiger partial charge on any atom is 0.151 e. The van der Waals surface area contributed by atoms with Crippen LogP contribution in [0.5, 0.6) is 0 Å². The summed E-state index contributed by atoms with van der Waals surface area (Å²) in [6.45, 7) is 12.9. The summed E-state index contributed by atoms with van der Waals surface area (Å²) in [6, 6.07) is 6.57. The van der Waals surface area contributed by atoms with E-state index in [2.05, 4.69) is 47.4 Å². The Bertz CT molecular complexity index is 663. The minimum atomic E-state index is 0. The van der Waals surface area contributed by atoms with Crippen molar-refractivity contribution in [3.05, 3.63) is 64.8 Å². The predicted molar refractivity (Wildman–Crippen MR) is 127 cm³/mol. The van der Waals surface area contributed by atoms with E-state index in [0.29, 0.717) is 33.5 Å². The molecular formula is C21H31Cl3N4O2. The molecule has 0 atom stereocenters. The van der Waals surface area contributed by atoms with E-state index in [-0.39, 0.29) is 7.43 Å². The Morgan fingerprint density at radius 1 is 0.867 bits per heavy atom. The lowest BCUT2D eigenvalue weighted by molar-refractivity contribution is 0.245. The first-order chi connectivity index (χ1) is 13.9. The van der Waals surface area contributed by atoms with Crippen LogP contribution in [0, 0.1) is 0 Å². The van der Waals surface area contributed by atoms with E-state index in [0.717, 1.165) is 25.9 Å². The fourth-order valence-corrected chi connectivity index (χ4v) is 1.79. The van der Waals surface area contributed by atoms with Gasteiger partial charge in [-0.25, -0.2) is 0 Å². The molecule has 0 bridgehead atoms. The summed E-state index contributed by atoms with van der Waals surface area (Å²) in [5.41, 5.74) is 0.630. The van der Waals surface area contributed by atoms with Crippen LogP contribution in [0.25, 0.3) is 5.76 Å². The summed E-state index contributed by atoms with van der Waals surface area (Å²) < 4.78 is 10.2. The summed E-state index contributed by atoms with van der Waals surface area (Å²) in [6.07, 6.45) is 5.91. The highest BCUT2D eigenvalue weighted by Gasteiger charge is 2.01. The van der Waals surface area contributed by atoms with Gasteiger partial charge in [-0.15, -0.1) is 20.4 Å². The highest BCUT2D eigenvalue weighted by Crippen LogP contribution is 2.12. The van der Waals surface area contributed by atoms with Crippen molar-refractivity contribution >= 4 is 40.6 Å². The van der Waals surface area contributed by atoms with Crippen molar-refractivity contribution in [2.45, 2.75) is 47.0 Å². The molecule has 0 aliphatic carbocycles. The van der Waals surface area contributed by atoms with E-state index in [4.69, 9.17) is 44.3 Å². The first kappa shape index (κ1) is 30.3. The van der Waals surface area contributed by atoms with Crippen LogP contribution in [0.15, 0.2) is 43.7 Å². The number of ether oxygens (including phenoxy) is 2. The van der Waals surface area contributed by atoms with Crippen molar-refractivity contribution in [2.24, 2.45) is 0 Å². The zero-order valence-corrected chi connectivity index (χ0v) is 19.1. The van der Waals surface area contributed by atoms with Gasteiger partial charge in [-0.2, -0.15) is 0 Å². The third kappa shape index (κ3) is 17.0. The van der Waals surface area contributed by atoms with Crippen molar-refractivity contribution in [1.29, 1.82) is 0 Å². The average Bonchev–Trinajstić information content (AvgIpc) is 2.72. The van der Waals surface area contributed by atoms with E-state index >= 15 is 0 Å². The second-order valence-corrected chi connectivity index (χ2v) is 6.60. The molecule has 2 aromatic rings. The molecule has 0 aliphatic heterocycles. The zero-order valence-electron chi connectivity index (χ0n) is 16.8. The van der Waals surface area contributed by atoms with Crippen LogP contribution in [-0.2, 0) is 9.47 Å². The van der Waals surface area contributed by atoms with Crippen LogP contribution in [0.2, 0.25) is 15.5 Å². The summed E-state index contributed by atoms with van der Waals surface area (Å²) in [5, 5.41) is 15.6. The molecule has 0 radical (unpaired) electrons. The van der Waals surface area contributed by atoms with Crippen molar-refractivity contribution < 1.29 is 9.47 Å². The largest absolute Gasteiger partial charge is 0.502 e. The summed E-state index contributed by atoms with van der Waals surface area (Å²) in [5.74, 6) is 0.544. The van der Waals surface area contributed by atoms with Crippen LogP contribution in [-0.4, -0.2) is 33.6 Å². The maximum absolute atomic E-state index is 5.60. The normalized spacial score (nSPS) is 8.97. The molecular weight excluding hydrogens is 447 g/mol. The lowest BCUT2D eigenvalue weighted by Crippen LogP contribution is -1.97. The molecule has 0 aliphatic rings. The molecule has 6 nitrogen and oxygen atoms in total. The van der Waals surface area contributed by atoms with Crippen LogP contribution < -0.4 is 0 Å². The minimum absolute atomic E-state index is 0. The van der Waals surface area contributed by atoms with Gasteiger partial charge in [0.2, 0.25) is 0 Å². The Morgan fingerprint density at radius 2 is 1.33 bits per heavy atom. The van der Waals surface area contributed by atoms with Gasteiger partial charge in [-0.1, -0.05) is 82.1 Å². The van der Waals surface area contributed by atoms with Crippen molar-refractivity contribution in [3.63, 3.8) is 0 Å². The van der Waals surface area contributed by atoms with Crippen molar-refractivity contribution in [2.75, 3.05) is 13.2 Å². The molecule has 0 amide bonds. The van der Waals surface area contributed by atoms with Crippen LogP contribution in [0.3, 0.4) is 0 Å². The Labute approximate surface area is 195 Å². The molecule has 0 fully saturated rings. The molecule has 0 aromatic carbocycles. The lowest BCUT2D eigenvalue weighted by atomic mass is 10.3. The van der Waals surface area contributed by atoms with Gasteiger partial charge in [0.05, 0.1) is 19.5 Å². The second-order valence-electron chi connectivity index (χ2n) is 5.44. The number of nitrogens with zero attached hydrogens (tertiary/aromatic N) is 4. The van der Waals surface area contributed by atoms with Gasteiger partial charge in [0.25, 0.3) is 0 Å². The summed E-state index contributed by atoms with van der Waals surface area (Å²) >= 11 is 16.4. The molecule has 0 spiro atoms. The standard InChI is InChI=1S/C10H13ClN2O.C6H12O.C4H2Cl2N2.CH4/c1-3-4-7-14-8(2)9-5-6-10(11)13-12-9;1-3-5-6-7-4-2;5-3-1-2-4(6)8-7-3;/h5-6H,2-4,7H2,1H3;4H,2-3,5-6H2,1H3;1-2H;1H4. The number of rotatable bonds is 9. The van der Waals surface area contributed by atoms with E-state index < -0.39 is 0 Å². The van der Waals surface area contributed by atoms with Crippen molar-refractivity contribution in [3.8, 4) is 0 Å². The number of hydrogen-bond donors (Lipinski definition) is 0. The van der Waals surface area contributed by atoms with E-state index in [1.807, 2.05) is 0 Å². The number of aromatic nitrogens is 4. The van der Waals surface area contributed by atoms with Gasteiger partial charge in [-0.05, 0) is 37.1 Å². The monoisotopic (exact) mass is 476 g/mol. The SMILES string of the molecule is C.C=C(OCCCC)c1ccc(Cl)nn1.C=COCCCC.Clc1ccc(Cl)nn1. The predicted octanol–water partition coefficient (Wildman–Crippen LogP) is 7.28. The van der Waals surface area contributed by atoms with Crippen LogP contribution in [0.4, 0.5) is 0 Å². The van der Waals surface area contributed by atoms with E-state index in [1.165, 1.54) is 12.7 Å². The van der Waals surface area contributed by atoms with Gasteiger partial charge in [-0.3, -0.25) is 0 Å². The third-order valence-corrected chi connectivity index (χ3v) is 3.63. The van der Waals surface area contributed by atoms with E-state index in [1.54, 1.807) is 24.3 Å². The molecule has 2 aromatic heterocycles. The molecule has 0 saturated heterocycles. The summed E-state index contributed by atoms with van der Waals surface area (Å²) in [4.78, 5) is 0. The van der Waals surface area contributed by atoms with Gasteiger partial charge in [0, 0.05) is 0 Å². The fourth-order valence-electron chi connectivity index (χ4n) is 1.49. The average molecular weight is 478 g/mol. The maximum atomic E-state index is 5.60. The van der Waals surface area contributed by atoms with Gasteiger partial charge in [0.15, 0.2) is 15.5 Å². The van der Waals surface area contributed by atoms with Gasteiger partial charge in [0.1, 0.15) is 11.5 Å². The lowest BCUT2D eigenvalue weighted by Gasteiger charge is -2.06. The van der Waals surface area contributed by atoms with Gasteiger partial charge >= 0.3 is 0 Å². The quantitative estimate of drug-likeness (QED) is 0.279. The van der Waals surface area contributed by atoms with E-state index in [9.17, 15) is 0 Å². The smallest absolute Gasteiger partial charge is 0.151 e. The van der Waals surface area contributed by atoms with Crippen molar-refractivity contribution in [1.82, 2.24) is 20.4 Å². The zero-order chi connectivity index (χ0) is 21.9. The van der Waals surface area contributed by atoms with Crippen LogP contribution >= 0.6 is 34.8 Å². The Morgan fingerprint density at radius 3 is 1.73 bits per heavy atom. The highest BCUT2D eigenvalue weighted by molar-refractivity contribution is 6.31. The fraction of sp³-hybridized carbons (Fsp3) is 0.429. The molecule has 0 saturated carbocycles. The Balaban J connectivity index is 0. The number of halogens is 3. The molecule has 0 unspecified atom stereocenters. The highest BCUT2D eigenvalue weighted by atomic mass is 35.5. The minimum Gasteiger partial charge on any atom is -0.502 e.